The zero-order chi connectivity index (χ0) is 40.7. The highest BCUT2D eigenvalue weighted by molar-refractivity contribution is 7.58. The van der Waals surface area contributed by atoms with Crippen LogP contribution in [0.1, 0.15) is 52.3 Å². The summed E-state index contributed by atoms with van der Waals surface area (Å²) >= 11 is 0. The van der Waals surface area contributed by atoms with E-state index in [0.29, 0.717) is 5.69 Å². The molecular formula is C46H44N3O8P. The lowest BCUT2D eigenvalue weighted by molar-refractivity contribution is -0.141. The molecule has 1 aliphatic carbocycles. The van der Waals surface area contributed by atoms with Gasteiger partial charge >= 0.3 is 18.0 Å². The SMILES string of the molecule is COC(=O)CCC(NC(=O)OCC1c2ccccc2-c2ccccc21)P(=O)(O)CC(Cc1cn(C(c2ccccc2)(c2ccccc2)c2ccccc2)cn1)C(=O)O. The predicted molar refractivity (Wildman–Crippen MR) is 220 cm³/mol. The summed E-state index contributed by atoms with van der Waals surface area (Å²) in [4.78, 5) is 54.5. The number of ether oxygens (including phenoxy) is 2. The van der Waals surface area contributed by atoms with Crippen molar-refractivity contribution in [2.75, 3.05) is 19.9 Å². The molecule has 11 nitrogen and oxygen atoms in total. The first kappa shape index (κ1) is 39.9. The van der Waals surface area contributed by atoms with Crippen LogP contribution in [0.3, 0.4) is 0 Å². The molecule has 12 heteroatoms. The van der Waals surface area contributed by atoms with Gasteiger partial charge in [0.15, 0.2) is 0 Å². The average molecular weight is 798 g/mol. The van der Waals surface area contributed by atoms with E-state index in [4.69, 9.17) is 9.47 Å². The number of carboxylic acids is 1. The van der Waals surface area contributed by atoms with Crippen molar-refractivity contribution in [3.05, 3.63) is 186 Å². The van der Waals surface area contributed by atoms with Crippen LogP contribution < -0.4 is 5.32 Å². The smallest absolute Gasteiger partial charge is 0.407 e. The summed E-state index contributed by atoms with van der Waals surface area (Å²) in [5, 5.41) is 12.9. The third-order valence-corrected chi connectivity index (χ3v) is 13.2. The van der Waals surface area contributed by atoms with Crippen LogP contribution in [0, 0.1) is 5.92 Å². The van der Waals surface area contributed by atoms with E-state index in [-0.39, 0.29) is 31.8 Å². The quantitative estimate of drug-likeness (QED) is 0.0501. The molecule has 3 N–H and O–H groups in total. The summed E-state index contributed by atoms with van der Waals surface area (Å²) < 4.78 is 26.6. The number of aliphatic carboxylic acids is 1. The monoisotopic (exact) mass is 797 g/mol. The number of aromatic nitrogens is 2. The number of esters is 1. The standard InChI is InChI=1S/C46H44N3O8P/c1-56-43(50)26-25-42(48-45(53)57-29-41-39-23-13-11-21-37(39)38-22-12-14-24-40(38)41)58(54,55)30-32(44(51)52)27-36-28-49(31-47-36)46(33-15-5-2-6-16-33,34-17-7-3-8-18-34)35-19-9-4-10-20-35/h2-24,28,31-32,41-42H,25-27,29-30H2,1H3,(H,48,53)(H,51,52)(H,54,55). The number of alkyl carbamates (subject to hydrolysis) is 1. The molecular weight excluding hydrogens is 753 g/mol. The molecule has 1 amide bonds. The number of carbonyl (C=O) groups excluding carboxylic acids is 2. The number of rotatable bonds is 16. The maximum Gasteiger partial charge on any atom is 0.407 e. The number of hydrogen-bond donors (Lipinski definition) is 3. The Balaban J connectivity index is 1.13. The molecule has 0 bridgehead atoms. The first-order chi connectivity index (χ1) is 28.1. The van der Waals surface area contributed by atoms with Crippen molar-refractivity contribution in [3.8, 4) is 11.1 Å². The Morgan fingerprint density at radius 2 is 1.29 bits per heavy atom. The fraction of sp³-hybridized carbons (Fsp3) is 0.217. The summed E-state index contributed by atoms with van der Waals surface area (Å²) in [5.74, 6) is -5.09. The van der Waals surface area contributed by atoms with Crippen LogP contribution in [0.5, 0.6) is 0 Å². The van der Waals surface area contributed by atoms with Gasteiger partial charge in [0.05, 0.1) is 25.0 Å². The maximum absolute atomic E-state index is 14.2. The Bertz CT molecular complexity index is 2280. The highest BCUT2D eigenvalue weighted by Gasteiger charge is 2.41. The van der Waals surface area contributed by atoms with Gasteiger partial charge in [-0.05, 0) is 45.4 Å². The molecule has 0 saturated heterocycles. The van der Waals surface area contributed by atoms with E-state index in [9.17, 15) is 28.9 Å². The number of hydrogen-bond acceptors (Lipinski definition) is 7. The molecule has 0 fully saturated rings. The lowest BCUT2D eigenvalue weighted by atomic mass is 9.77. The number of fused-ring (bicyclic) bond motifs is 3. The van der Waals surface area contributed by atoms with E-state index in [1.165, 1.54) is 7.11 Å². The third kappa shape index (κ3) is 8.23. The number of amides is 1. The first-order valence-corrected chi connectivity index (χ1v) is 21.0. The Morgan fingerprint density at radius 1 is 0.793 bits per heavy atom. The van der Waals surface area contributed by atoms with E-state index in [2.05, 4.69) is 10.3 Å². The van der Waals surface area contributed by atoms with E-state index >= 15 is 0 Å². The molecule has 0 aliphatic heterocycles. The number of nitrogens with zero attached hydrogens (tertiary/aromatic N) is 2. The summed E-state index contributed by atoms with van der Waals surface area (Å²) in [5.41, 5.74) is 6.38. The van der Waals surface area contributed by atoms with Gasteiger partial charge in [0.1, 0.15) is 17.9 Å². The number of nitrogens with one attached hydrogen (secondary N) is 1. The number of methoxy groups -OCH3 is 1. The minimum absolute atomic E-state index is 0.0455. The van der Waals surface area contributed by atoms with Crippen LogP contribution in [0.4, 0.5) is 4.79 Å². The average Bonchev–Trinajstić information content (AvgIpc) is 3.85. The lowest BCUT2D eigenvalue weighted by Crippen LogP contribution is -2.38. The number of carbonyl (C=O) groups is 3. The van der Waals surface area contributed by atoms with Crippen LogP contribution in [-0.4, -0.2) is 63.2 Å². The molecule has 0 radical (unpaired) electrons. The Labute approximate surface area is 336 Å². The van der Waals surface area contributed by atoms with Gasteiger partial charge in [-0.2, -0.15) is 0 Å². The number of imidazole rings is 1. The normalized spacial score (nSPS) is 14.3. The highest BCUT2D eigenvalue weighted by Crippen LogP contribution is 2.50. The molecule has 7 rings (SSSR count). The van der Waals surface area contributed by atoms with Crippen molar-refractivity contribution >= 4 is 25.4 Å². The lowest BCUT2D eigenvalue weighted by Gasteiger charge is -2.37. The van der Waals surface area contributed by atoms with Crippen molar-refractivity contribution in [1.82, 2.24) is 14.9 Å². The molecule has 5 aromatic carbocycles. The van der Waals surface area contributed by atoms with Gasteiger partial charge in [0.2, 0.25) is 7.37 Å². The topological polar surface area (TPSA) is 157 Å². The van der Waals surface area contributed by atoms with E-state index in [0.717, 1.165) is 38.9 Å². The van der Waals surface area contributed by atoms with Crippen LogP contribution in [0.25, 0.3) is 11.1 Å². The van der Waals surface area contributed by atoms with Gasteiger partial charge in [-0.3, -0.25) is 14.2 Å². The van der Waals surface area contributed by atoms with Gasteiger partial charge in [0.25, 0.3) is 0 Å². The molecule has 6 aromatic rings. The Morgan fingerprint density at radius 3 is 1.79 bits per heavy atom. The summed E-state index contributed by atoms with van der Waals surface area (Å²) in [6, 6.07) is 45.4. The van der Waals surface area contributed by atoms with Gasteiger partial charge in [0, 0.05) is 31.1 Å². The fourth-order valence-electron chi connectivity index (χ4n) is 8.07. The molecule has 3 unspecified atom stereocenters. The summed E-state index contributed by atoms with van der Waals surface area (Å²) in [7, 11) is -3.34. The van der Waals surface area contributed by atoms with Crippen LogP contribution in [0.2, 0.25) is 0 Å². The Kier molecular flexibility index (Phi) is 12.0. The van der Waals surface area contributed by atoms with Crippen molar-refractivity contribution < 1.29 is 38.4 Å². The number of carboxylic acid groups (broad SMARTS) is 1. The van der Waals surface area contributed by atoms with Crippen molar-refractivity contribution in [2.24, 2.45) is 5.92 Å². The zero-order valence-electron chi connectivity index (χ0n) is 31.9. The van der Waals surface area contributed by atoms with Gasteiger partial charge in [-0.1, -0.05) is 140 Å². The summed E-state index contributed by atoms with van der Waals surface area (Å²) in [6.07, 6.45) is 1.00. The van der Waals surface area contributed by atoms with E-state index in [1.807, 2.05) is 144 Å². The van der Waals surface area contributed by atoms with Crippen molar-refractivity contribution in [3.63, 3.8) is 0 Å². The second kappa shape index (κ2) is 17.5. The predicted octanol–water partition coefficient (Wildman–Crippen LogP) is 8.06. The molecule has 3 atom stereocenters. The van der Waals surface area contributed by atoms with E-state index < -0.39 is 48.8 Å². The van der Waals surface area contributed by atoms with Crippen molar-refractivity contribution in [2.45, 2.75) is 36.5 Å². The first-order valence-electron chi connectivity index (χ1n) is 19.0. The van der Waals surface area contributed by atoms with Crippen LogP contribution in [0.15, 0.2) is 152 Å². The fourth-order valence-corrected chi connectivity index (χ4v) is 10.1. The minimum Gasteiger partial charge on any atom is -0.481 e. The zero-order valence-corrected chi connectivity index (χ0v) is 32.8. The largest absolute Gasteiger partial charge is 0.481 e. The summed E-state index contributed by atoms with van der Waals surface area (Å²) in [6.45, 7) is -0.0455. The Hall–Kier alpha value is -6.29. The van der Waals surface area contributed by atoms with Gasteiger partial charge in [-0.15, -0.1) is 0 Å². The molecule has 296 valence electrons. The molecule has 1 heterocycles. The maximum atomic E-state index is 14.2. The van der Waals surface area contributed by atoms with Gasteiger partial charge in [-0.25, -0.2) is 9.78 Å². The molecule has 1 aromatic heterocycles. The van der Waals surface area contributed by atoms with Crippen molar-refractivity contribution in [1.29, 1.82) is 0 Å². The second-order valence-corrected chi connectivity index (χ2v) is 16.9. The van der Waals surface area contributed by atoms with E-state index in [1.54, 1.807) is 12.5 Å². The molecule has 0 spiro atoms. The van der Waals surface area contributed by atoms with Gasteiger partial charge < -0.3 is 29.4 Å². The molecule has 58 heavy (non-hydrogen) atoms. The molecule has 0 saturated carbocycles. The third-order valence-electron chi connectivity index (χ3n) is 10.8. The van der Waals surface area contributed by atoms with Crippen LogP contribution in [-0.2, 0) is 35.6 Å². The highest BCUT2D eigenvalue weighted by atomic mass is 31.2. The minimum atomic E-state index is -4.53. The number of benzene rings is 5. The van der Waals surface area contributed by atoms with Crippen LogP contribution >= 0.6 is 7.37 Å². The molecule has 1 aliphatic rings. The second-order valence-electron chi connectivity index (χ2n) is 14.4.